The first-order valence-corrected chi connectivity index (χ1v) is 5.24. The Morgan fingerprint density at radius 1 is 1.47 bits per heavy atom. The van der Waals surface area contributed by atoms with Gasteiger partial charge in [-0.2, -0.15) is 5.26 Å². The van der Waals surface area contributed by atoms with E-state index in [0.717, 1.165) is 0 Å². The number of rotatable bonds is 5. The number of aliphatic hydroxyl groups excluding tert-OH is 1. The number of aliphatic hydroxyl groups is 1. The lowest BCUT2D eigenvalue weighted by molar-refractivity contribution is -0.384. The third kappa shape index (κ3) is 4.25. The molecule has 100 valence electrons. The van der Waals surface area contributed by atoms with E-state index in [1.807, 2.05) is 5.32 Å². The van der Waals surface area contributed by atoms with Gasteiger partial charge in [-0.05, 0) is 12.0 Å². The van der Waals surface area contributed by atoms with Gasteiger partial charge in [0.15, 0.2) is 6.10 Å². The van der Waals surface area contributed by atoms with Gasteiger partial charge >= 0.3 is 6.09 Å². The van der Waals surface area contributed by atoms with Crippen LogP contribution in [-0.2, 0) is 6.42 Å². The molecule has 0 heterocycles. The summed E-state index contributed by atoms with van der Waals surface area (Å²) in [6, 6.07) is 5.97. The standard InChI is InChI=1S/C11H11N3O5/c12-6-10(15)9(13-11(16)17)5-7-1-3-8(4-2-7)14(18)19/h1-4,9-10,13,15H,5H2,(H,16,17). The van der Waals surface area contributed by atoms with Gasteiger partial charge in [-0.1, -0.05) is 12.1 Å². The average molecular weight is 265 g/mol. The highest BCUT2D eigenvalue weighted by Gasteiger charge is 2.21. The molecule has 2 unspecified atom stereocenters. The average Bonchev–Trinajstić information content (AvgIpc) is 2.37. The van der Waals surface area contributed by atoms with Gasteiger partial charge in [-0.3, -0.25) is 10.1 Å². The molecule has 0 fully saturated rings. The molecule has 0 aliphatic carbocycles. The van der Waals surface area contributed by atoms with Crippen LogP contribution in [0.5, 0.6) is 0 Å². The molecule has 2 atom stereocenters. The van der Waals surface area contributed by atoms with Crippen LogP contribution in [0.15, 0.2) is 24.3 Å². The van der Waals surface area contributed by atoms with Crippen molar-refractivity contribution in [3.8, 4) is 6.07 Å². The summed E-state index contributed by atoms with van der Waals surface area (Å²) in [5.74, 6) is 0. The second-order valence-electron chi connectivity index (χ2n) is 3.76. The fourth-order valence-electron chi connectivity index (χ4n) is 1.50. The Bertz CT molecular complexity index is 508. The smallest absolute Gasteiger partial charge is 0.405 e. The zero-order chi connectivity index (χ0) is 14.4. The van der Waals surface area contributed by atoms with Crippen LogP contribution < -0.4 is 5.32 Å². The van der Waals surface area contributed by atoms with Crippen LogP contribution >= 0.6 is 0 Å². The number of non-ortho nitro benzene ring substituents is 1. The van der Waals surface area contributed by atoms with E-state index in [1.165, 1.54) is 24.3 Å². The van der Waals surface area contributed by atoms with Crippen LogP contribution in [0.3, 0.4) is 0 Å². The van der Waals surface area contributed by atoms with Gasteiger partial charge in [0.25, 0.3) is 5.69 Å². The van der Waals surface area contributed by atoms with Crippen molar-refractivity contribution >= 4 is 11.8 Å². The van der Waals surface area contributed by atoms with Crippen molar-refractivity contribution in [1.82, 2.24) is 5.32 Å². The van der Waals surface area contributed by atoms with E-state index in [-0.39, 0.29) is 12.1 Å². The van der Waals surface area contributed by atoms with E-state index in [9.17, 15) is 20.0 Å². The van der Waals surface area contributed by atoms with Crippen molar-refractivity contribution in [3.05, 3.63) is 39.9 Å². The van der Waals surface area contributed by atoms with Gasteiger partial charge in [0, 0.05) is 12.1 Å². The number of hydrogen-bond donors (Lipinski definition) is 3. The Balaban J connectivity index is 2.81. The predicted molar refractivity (Wildman–Crippen MR) is 63.4 cm³/mol. The quantitative estimate of drug-likeness (QED) is 0.406. The topological polar surface area (TPSA) is 136 Å². The number of nitrogens with zero attached hydrogens (tertiary/aromatic N) is 2. The molecule has 0 spiro atoms. The van der Waals surface area contributed by atoms with Gasteiger partial charge in [0.1, 0.15) is 0 Å². The summed E-state index contributed by atoms with van der Waals surface area (Å²) in [5, 5.41) is 39.1. The number of nitriles is 1. The normalized spacial score (nSPS) is 13.1. The zero-order valence-corrected chi connectivity index (χ0v) is 9.68. The van der Waals surface area contributed by atoms with Crippen LogP contribution in [0.1, 0.15) is 5.56 Å². The maximum atomic E-state index is 10.5. The SMILES string of the molecule is N#CC(O)C(Cc1ccc([N+](=O)[O-])cc1)NC(=O)O. The first kappa shape index (κ1) is 14.4. The third-order valence-electron chi connectivity index (χ3n) is 2.43. The number of nitrogens with one attached hydrogen (secondary N) is 1. The number of benzene rings is 1. The van der Waals surface area contributed by atoms with Crippen molar-refractivity contribution in [2.24, 2.45) is 0 Å². The summed E-state index contributed by atoms with van der Waals surface area (Å²) >= 11 is 0. The van der Waals surface area contributed by atoms with Crippen molar-refractivity contribution in [1.29, 1.82) is 5.26 Å². The van der Waals surface area contributed by atoms with E-state index < -0.39 is 23.2 Å². The maximum absolute atomic E-state index is 10.5. The predicted octanol–water partition coefficient (Wildman–Crippen LogP) is 0.658. The molecule has 1 aromatic rings. The van der Waals surface area contributed by atoms with E-state index in [1.54, 1.807) is 6.07 Å². The Morgan fingerprint density at radius 3 is 2.47 bits per heavy atom. The van der Waals surface area contributed by atoms with E-state index in [4.69, 9.17) is 10.4 Å². The Kier molecular flexibility index (Phi) is 4.79. The molecule has 1 aromatic carbocycles. The molecule has 0 aliphatic heterocycles. The zero-order valence-electron chi connectivity index (χ0n) is 9.68. The maximum Gasteiger partial charge on any atom is 0.405 e. The summed E-state index contributed by atoms with van der Waals surface area (Å²) in [6.07, 6.45) is -2.80. The highest BCUT2D eigenvalue weighted by molar-refractivity contribution is 5.65. The number of nitro groups is 1. The molecule has 0 radical (unpaired) electrons. The summed E-state index contributed by atoms with van der Waals surface area (Å²) in [6.45, 7) is 0. The molecule has 1 amide bonds. The lowest BCUT2D eigenvalue weighted by Crippen LogP contribution is -2.43. The highest BCUT2D eigenvalue weighted by atomic mass is 16.6. The van der Waals surface area contributed by atoms with Gasteiger partial charge in [-0.15, -0.1) is 0 Å². The monoisotopic (exact) mass is 265 g/mol. The van der Waals surface area contributed by atoms with Crippen molar-refractivity contribution < 1.29 is 19.9 Å². The fourth-order valence-corrected chi connectivity index (χ4v) is 1.50. The van der Waals surface area contributed by atoms with Gasteiger partial charge in [0.2, 0.25) is 0 Å². The first-order valence-electron chi connectivity index (χ1n) is 5.24. The molecule has 0 saturated carbocycles. The highest BCUT2D eigenvalue weighted by Crippen LogP contribution is 2.14. The Hall–Kier alpha value is -2.66. The minimum absolute atomic E-state index is 0.0546. The molecule has 1 rings (SSSR count). The molecule has 0 aromatic heterocycles. The lowest BCUT2D eigenvalue weighted by Gasteiger charge is -2.17. The van der Waals surface area contributed by atoms with E-state index in [0.29, 0.717) is 5.56 Å². The molecular formula is C11H11N3O5. The number of nitro benzene ring substituents is 1. The molecule has 8 nitrogen and oxygen atoms in total. The number of carboxylic acid groups (broad SMARTS) is 1. The van der Waals surface area contributed by atoms with Crippen LogP contribution in [0, 0.1) is 21.4 Å². The molecule has 0 aliphatic rings. The van der Waals surface area contributed by atoms with Crippen LogP contribution in [-0.4, -0.2) is 33.4 Å². The van der Waals surface area contributed by atoms with Crippen molar-refractivity contribution in [2.75, 3.05) is 0 Å². The molecular weight excluding hydrogens is 254 g/mol. The number of hydrogen-bond acceptors (Lipinski definition) is 5. The van der Waals surface area contributed by atoms with Crippen molar-refractivity contribution in [2.45, 2.75) is 18.6 Å². The molecule has 0 saturated heterocycles. The Labute approximate surface area is 108 Å². The lowest BCUT2D eigenvalue weighted by atomic mass is 10.0. The van der Waals surface area contributed by atoms with Crippen LogP contribution in [0.25, 0.3) is 0 Å². The Morgan fingerprint density at radius 2 is 2.05 bits per heavy atom. The first-order chi connectivity index (χ1) is 8.93. The van der Waals surface area contributed by atoms with E-state index >= 15 is 0 Å². The summed E-state index contributed by atoms with van der Waals surface area (Å²) in [7, 11) is 0. The van der Waals surface area contributed by atoms with Gasteiger partial charge in [-0.25, -0.2) is 4.79 Å². The summed E-state index contributed by atoms with van der Waals surface area (Å²) in [4.78, 5) is 20.5. The van der Waals surface area contributed by atoms with E-state index in [2.05, 4.69) is 0 Å². The van der Waals surface area contributed by atoms with Crippen LogP contribution in [0.4, 0.5) is 10.5 Å². The molecule has 0 bridgehead atoms. The number of carbonyl (C=O) groups is 1. The van der Waals surface area contributed by atoms with Gasteiger partial charge < -0.3 is 15.5 Å². The van der Waals surface area contributed by atoms with Crippen LogP contribution in [0.2, 0.25) is 0 Å². The van der Waals surface area contributed by atoms with Crippen molar-refractivity contribution in [3.63, 3.8) is 0 Å². The fraction of sp³-hybridized carbons (Fsp3) is 0.273. The molecule has 19 heavy (non-hydrogen) atoms. The summed E-state index contributed by atoms with van der Waals surface area (Å²) in [5.41, 5.74) is 0.478. The minimum atomic E-state index is -1.49. The molecule has 3 N–H and O–H groups in total. The third-order valence-corrected chi connectivity index (χ3v) is 2.43. The molecule has 8 heteroatoms. The minimum Gasteiger partial charge on any atom is -0.465 e. The van der Waals surface area contributed by atoms with Gasteiger partial charge in [0.05, 0.1) is 17.0 Å². The second-order valence-corrected chi connectivity index (χ2v) is 3.76. The summed E-state index contributed by atoms with van der Waals surface area (Å²) < 4.78 is 0. The second kappa shape index (κ2) is 6.32. The largest absolute Gasteiger partial charge is 0.465 e. The number of amides is 1.